The van der Waals surface area contributed by atoms with Crippen molar-refractivity contribution >= 4 is 27.5 Å². The summed E-state index contributed by atoms with van der Waals surface area (Å²) in [5, 5.41) is 9.64. The van der Waals surface area contributed by atoms with Crippen LogP contribution < -0.4 is 9.64 Å². The predicted octanol–water partition coefficient (Wildman–Crippen LogP) is 6.05. The van der Waals surface area contributed by atoms with E-state index in [1.807, 2.05) is 43.5 Å². The van der Waals surface area contributed by atoms with Crippen molar-refractivity contribution in [2.75, 3.05) is 26.1 Å². The molecule has 4 heterocycles. The second-order valence-corrected chi connectivity index (χ2v) is 8.87. The average molecular weight is 479 g/mol. The van der Waals surface area contributed by atoms with Gasteiger partial charge in [0.25, 0.3) is 0 Å². The number of ether oxygens (including phenoxy) is 1. The molecule has 6 aromatic rings. The molecule has 0 aliphatic carbocycles. The number of H-pyrrole nitrogens is 2. The lowest BCUT2D eigenvalue weighted by Gasteiger charge is -2.13. The molecule has 0 aliphatic heterocycles. The minimum atomic E-state index is -0.365. The molecule has 2 N–H and O–H groups in total. The molecular formula is C28H23FN6O. The minimum absolute atomic E-state index is 0.365. The first-order chi connectivity index (χ1) is 17.5. The molecule has 0 aliphatic rings. The Kier molecular flexibility index (Phi) is 5.14. The summed E-state index contributed by atoms with van der Waals surface area (Å²) in [6.07, 6.45) is 7.20. The highest BCUT2D eigenvalue weighted by Crippen LogP contribution is 2.36. The van der Waals surface area contributed by atoms with Crippen LogP contribution in [0.5, 0.6) is 5.75 Å². The van der Waals surface area contributed by atoms with Crippen LogP contribution >= 0.6 is 0 Å². The van der Waals surface area contributed by atoms with E-state index in [1.165, 1.54) is 19.2 Å². The summed E-state index contributed by atoms with van der Waals surface area (Å²) in [7, 11) is 5.52. The summed E-state index contributed by atoms with van der Waals surface area (Å²) in [6.45, 7) is 0. The fourth-order valence-corrected chi connectivity index (χ4v) is 4.47. The SMILES string of the molecule is COc1cc(F)cc(-c2cncc3[nH]c(-c4n[nH]c5ccc(-c6cncc(N(C)C)c6)cc45)cc23)c1. The van der Waals surface area contributed by atoms with Crippen LogP contribution in [-0.2, 0) is 0 Å². The van der Waals surface area contributed by atoms with Gasteiger partial charge < -0.3 is 14.6 Å². The van der Waals surface area contributed by atoms with Gasteiger partial charge in [-0.05, 0) is 47.5 Å². The quantitative estimate of drug-likeness (QED) is 0.315. The third kappa shape index (κ3) is 3.73. The van der Waals surface area contributed by atoms with Crippen LogP contribution in [0.15, 0.2) is 73.3 Å². The summed E-state index contributed by atoms with van der Waals surface area (Å²) in [5.41, 5.74) is 8.00. The number of halogens is 1. The van der Waals surface area contributed by atoms with Crippen molar-refractivity contribution in [1.29, 1.82) is 0 Å². The van der Waals surface area contributed by atoms with Crippen LogP contribution in [-0.4, -0.2) is 46.4 Å². The smallest absolute Gasteiger partial charge is 0.127 e. The van der Waals surface area contributed by atoms with E-state index in [-0.39, 0.29) is 5.82 Å². The first-order valence-corrected chi connectivity index (χ1v) is 11.4. The van der Waals surface area contributed by atoms with Crippen molar-refractivity contribution in [3.8, 4) is 39.4 Å². The largest absolute Gasteiger partial charge is 0.497 e. The minimum Gasteiger partial charge on any atom is -0.497 e. The van der Waals surface area contributed by atoms with Crippen LogP contribution in [0.25, 0.3) is 55.4 Å². The number of rotatable bonds is 5. The van der Waals surface area contributed by atoms with Gasteiger partial charge in [-0.15, -0.1) is 0 Å². The second-order valence-electron chi connectivity index (χ2n) is 8.87. The lowest BCUT2D eigenvalue weighted by Crippen LogP contribution is -2.08. The molecule has 0 atom stereocenters. The van der Waals surface area contributed by atoms with Crippen molar-refractivity contribution in [2.45, 2.75) is 0 Å². The molecule has 7 nitrogen and oxygen atoms in total. The number of hydrogen-bond acceptors (Lipinski definition) is 5. The Bertz CT molecular complexity index is 1740. The fraction of sp³-hybridized carbons (Fsp3) is 0.107. The van der Waals surface area contributed by atoms with Gasteiger partial charge in [0.15, 0.2) is 0 Å². The zero-order chi connectivity index (χ0) is 24.8. The van der Waals surface area contributed by atoms with Gasteiger partial charge in [-0.3, -0.25) is 15.1 Å². The topological polar surface area (TPSA) is 82.7 Å². The maximum Gasteiger partial charge on any atom is 0.127 e. The van der Waals surface area contributed by atoms with Crippen molar-refractivity contribution in [1.82, 2.24) is 25.1 Å². The van der Waals surface area contributed by atoms with E-state index in [9.17, 15) is 4.39 Å². The molecule has 178 valence electrons. The highest BCUT2D eigenvalue weighted by molar-refractivity contribution is 6.01. The number of nitrogens with zero attached hydrogens (tertiary/aromatic N) is 4. The zero-order valence-electron chi connectivity index (χ0n) is 20.0. The van der Waals surface area contributed by atoms with Gasteiger partial charge in [-0.25, -0.2) is 4.39 Å². The third-order valence-electron chi connectivity index (χ3n) is 6.36. The van der Waals surface area contributed by atoms with E-state index >= 15 is 0 Å². The van der Waals surface area contributed by atoms with Crippen LogP contribution in [0.3, 0.4) is 0 Å². The maximum atomic E-state index is 14.2. The van der Waals surface area contributed by atoms with Gasteiger partial charge in [0.1, 0.15) is 17.3 Å². The lowest BCUT2D eigenvalue weighted by atomic mass is 10.0. The molecule has 0 bridgehead atoms. The predicted molar refractivity (Wildman–Crippen MR) is 141 cm³/mol. The van der Waals surface area contributed by atoms with E-state index in [4.69, 9.17) is 4.74 Å². The molecule has 0 fully saturated rings. The molecular weight excluding hydrogens is 455 g/mol. The van der Waals surface area contributed by atoms with Crippen LogP contribution in [0, 0.1) is 5.82 Å². The number of fused-ring (bicyclic) bond motifs is 2. The van der Waals surface area contributed by atoms with Gasteiger partial charge >= 0.3 is 0 Å². The van der Waals surface area contributed by atoms with E-state index in [1.54, 1.807) is 18.5 Å². The van der Waals surface area contributed by atoms with Crippen molar-refractivity contribution in [3.05, 3.63) is 79.1 Å². The molecule has 0 saturated heterocycles. The summed E-state index contributed by atoms with van der Waals surface area (Å²) in [6, 6.07) is 15.0. The number of benzene rings is 2. The highest BCUT2D eigenvalue weighted by atomic mass is 19.1. The highest BCUT2D eigenvalue weighted by Gasteiger charge is 2.16. The molecule has 36 heavy (non-hydrogen) atoms. The van der Waals surface area contributed by atoms with E-state index < -0.39 is 0 Å². The van der Waals surface area contributed by atoms with Gasteiger partial charge in [-0.2, -0.15) is 5.10 Å². The number of methoxy groups -OCH3 is 1. The standard InChI is InChI=1S/C28H23FN6O/c1-35(2)20-7-18(12-30-13-20)16-4-5-25-23(9-16)28(34-33-25)26-11-22-24(14-31-15-27(22)32-26)17-6-19(29)10-21(8-17)36-3/h4-15,32H,1-3H3,(H,33,34). The molecule has 2 aromatic carbocycles. The fourth-order valence-electron chi connectivity index (χ4n) is 4.47. The number of aromatic nitrogens is 5. The Morgan fingerprint density at radius 1 is 0.806 bits per heavy atom. The Morgan fingerprint density at radius 2 is 1.67 bits per heavy atom. The number of aromatic amines is 2. The van der Waals surface area contributed by atoms with Crippen molar-refractivity contribution < 1.29 is 9.13 Å². The first kappa shape index (κ1) is 21.8. The van der Waals surface area contributed by atoms with E-state index in [2.05, 4.69) is 43.3 Å². The summed E-state index contributed by atoms with van der Waals surface area (Å²) >= 11 is 0. The zero-order valence-corrected chi connectivity index (χ0v) is 20.0. The molecule has 4 aromatic heterocycles. The van der Waals surface area contributed by atoms with E-state index in [0.717, 1.165) is 55.6 Å². The number of pyridine rings is 2. The average Bonchev–Trinajstić information content (AvgIpc) is 3.51. The first-order valence-electron chi connectivity index (χ1n) is 11.4. The lowest BCUT2D eigenvalue weighted by molar-refractivity contribution is 0.411. The monoisotopic (exact) mass is 478 g/mol. The Morgan fingerprint density at radius 3 is 2.50 bits per heavy atom. The van der Waals surface area contributed by atoms with Gasteiger partial charge in [-0.1, -0.05) is 6.07 Å². The Balaban J connectivity index is 1.47. The second kappa shape index (κ2) is 8.49. The molecule has 0 saturated carbocycles. The van der Waals surface area contributed by atoms with Crippen molar-refractivity contribution in [3.63, 3.8) is 0 Å². The number of anilines is 1. The Labute approximate surface area is 206 Å². The third-order valence-corrected chi connectivity index (χ3v) is 6.36. The molecule has 0 radical (unpaired) electrons. The summed E-state index contributed by atoms with van der Waals surface area (Å²) < 4.78 is 19.5. The summed E-state index contributed by atoms with van der Waals surface area (Å²) in [5.74, 6) is 0.0900. The van der Waals surface area contributed by atoms with Crippen LogP contribution in [0.2, 0.25) is 0 Å². The summed E-state index contributed by atoms with van der Waals surface area (Å²) in [4.78, 5) is 14.2. The van der Waals surface area contributed by atoms with Crippen LogP contribution in [0.4, 0.5) is 10.1 Å². The van der Waals surface area contributed by atoms with E-state index in [0.29, 0.717) is 11.3 Å². The maximum absolute atomic E-state index is 14.2. The number of nitrogens with one attached hydrogen (secondary N) is 2. The van der Waals surface area contributed by atoms with Gasteiger partial charge in [0, 0.05) is 54.5 Å². The molecule has 6 rings (SSSR count). The number of hydrogen-bond donors (Lipinski definition) is 2. The van der Waals surface area contributed by atoms with Gasteiger partial charge in [0.2, 0.25) is 0 Å². The Hall–Kier alpha value is -4.72. The van der Waals surface area contributed by atoms with Gasteiger partial charge in [0.05, 0.1) is 41.9 Å². The molecule has 0 spiro atoms. The normalized spacial score (nSPS) is 11.3. The molecule has 0 amide bonds. The molecule has 8 heteroatoms. The van der Waals surface area contributed by atoms with Crippen LogP contribution in [0.1, 0.15) is 0 Å². The molecule has 0 unspecified atom stereocenters. The van der Waals surface area contributed by atoms with Crippen molar-refractivity contribution in [2.24, 2.45) is 0 Å².